The van der Waals surface area contributed by atoms with E-state index in [2.05, 4.69) is 43.9 Å². The molecule has 2 rings (SSSR count). The molecule has 0 saturated heterocycles. The maximum Gasteiger partial charge on any atom is 0.119 e. The van der Waals surface area contributed by atoms with E-state index in [-0.39, 0.29) is 0 Å². The van der Waals surface area contributed by atoms with Gasteiger partial charge in [0.1, 0.15) is 5.75 Å². The van der Waals surface area contributed by atoms with Gasteiger partial charge >= 0.3 is 0 Å². The fourth-order valence-electron chi connectivity index (χ4n) is 1.55. The first-order valence-electron chi connectivity index (χ1n) is 5.79. The van der Waals surface area contributed by atoms with E-state index in [1.165, 1.54) is 18.0 Å². The molecule has 1 aliphatic rings. The number of rotatable bonds is 4. The Hall–Kier alpha value is -0.763. The second-order valence-corrected chi connectivity index (χ2v) is 10.6. The molecule has 0 aliphatic heterocycles. The zero-order chi connectivity index (χ0) is 10.9. The van der Waals surface area contributed by atoms with Crippen LogP contribution in [0.5, 0.6) is 5.75 Å². The SMILES string of the molecule is C[Si](C)(C)c1ccc(OCC2CC2)cc1. The molecule has 1 fully saturated rings. The molecule has 0 heterocycles. The predicted octanol–water partition coefficient (Wildman–Crippen LogP) is 3.02. The van der Waals surface area contributed by atoms with Crippen molar-refractivity contribution >= 4 is 13.3 Å². The maximum atomic E-state index is 5.71. The van der Waals surface area contributed by atoms with Gasteiger partial charge in [0, 0.05) is 0 Å². The van der Waals surface area contributed by atoms with Gasteiger partial charge in [0.25, 0.3) is 0 Å². The van der Waals surface area contributed by atoms with Gasteiger partial charge in [-0.05, 0) is 30.9 Å². The van der Waals surface area contributed by atoms with Crippen molar-refractivity contribution < 1.29 is 4.74 Å². The molecule has 0 amide bonds. The van der Waals surface area contributed by atoms with Crippen LogP contribution >= 0.6 is 0 Å². The third kappa shape index (κ3) is 3.10. The zero-order valence-corrected chi connectivity index (χ0v) is 10.9. The van der Waals surface area contributed by atoms with Crippen LogP contribution in [0.2, 0.25) is 19.6 Å². The Bertz CT molecular complexity index is 319. The minimum Gasteiger partial charge on any atom is -0.493 e. The third-order valence-electron chi connectivity index (χ3n) is 2.90. The minimum absolute atomic E-state index is 0.835. The van der Waals surface area contributed by atoms with Crippen molar-refractivity contribution in [3.63, 3.8) is 0 Å². The van der Waals surface area contributed by atoms with Crippen LogP contribution < -0.4 is 9.92 Å². The van der Waals surface area contributed by atoms with Gasteiger partial charge < -0.3 is 4.74 Å². The first kappa shape index (κ1) is 10.7. The summed E-state index contributed by atoms with van der Waals surface area (Å²) in [5, 5.41) is 1.50. The van der Waals surface area contributed by atoms with Crippen molar-refractivity contribution in [3.05, 3.63) is 24.3 Å². The lowest BCUT2D eigenvalue weighted by Gasteiger charge is -2.16. The molecule has 0 atom stereocenters. The largest absolute Gasteiger partial charge is 0.493 e. The minimum atomic E-state index is -1.14. The number of hydrogen-bond acceptors (Lipinski definition) is 1. The summed E-state index contributed by atoms with van der Waals surface area (Å²) in [7, 11) is -1.14. The van der Waals surface area contributed by atoms with E-state index in [0.29, 0.717) is 0 Å². The van der Waals surface area contributed by atoms with E-state index in [1.807, 2.05) is 0 Å². The van der Waals surface area contributed by atoms with Crippen LogP contribution in [-0.2, 0) is 0 Å². The summed E-state index contributed by atoms with van der Waals surface area (Å²) in [5.41, 5.74) is 0. The highest BCUT2D eigenvalue weighted by Crippen LogP contribution is 2.29. The van der Waals surface area contributed by atoms with Gasteiger partial charge in [-0.15, -0.1) is 0 Å². The van der Waals surface area contributed by atoms with Gasteiger partial charge in [-0.1, -0.05) is 37.0 Å². The molecule has 0 N–H and O–H groups in total. The molecule has 82 valence electrons. The van der Waals surface area contributed by atoms with E-state index in [4.69, 9.17) is 4.74 Å². The molecule has 0 spiro atoms. The fraction of sp³-hybridized carbons (Fsp3) is 0.538. The van der Waals surface area contributed by atoms with Gasteiger partial charge in [-0.25, -0.2) is 0 Å². The highest BCUT2D eigenvalue weighted by atomic mass is 28.3. The van der Waals surface area contributed by atoms with E-state index in [9.17, 15) is 0 Å². The highest BCUT2D eigenvalue weighted by Gasteiger charge is 2.22. The Morgan fingerprint density at radius 3 is 2.20 bits per heavy atom. The lowest BCUT2D eigenvalue weighted by Crippen LogP contribution is -2.37. The summed E-state index contributed by atoms with van der Waals surface area (Å²) >= 11 is 0. The number of ether oxygens (including phenoxy) is 1. The smallest absolute Gasteiger partial charge is 0.119 e. The monoisotopic (exact) mass is 220 g/mol. The summed E-state index contributed by atoms with van der Waals surface area (Å²) in [6.45, 7) is 8.01. The first-order chi connectivity index (χ1) is 7.05. The zero-order valence-electron chi connectivity index (χ0n) is 9.92. The van der Waals surface area contributed by atoms with Crippen LogP contribution in [-0.4, -0.2) is 14.7 Å². The van der Waals surface area contributed by atoms with Crippen LogP contribution in [0.4, 0.5) is 0 Å². The van der Waals surface area contributed by atoms with E-state index in [1.54, 1.807) is 0 Å². The van der Waals surface area contributed by atoms with Crippen molar-refractivity contribution in [2.24, 2.45) is 5.92 Å². The van der Waals surface area contributed by atoms with Gasteiger partial charge in [0.05, 0.1) is 14.7 Å². The second-order valence-electron chi connectivity index (χ2n) is 5.53. The Balaban J connectivity index is 1.96. The third-order valence-corrected chi connectivity index (χ3v) is 4.97. The molecule has 0 unspecified atom stereocenters. The van der Waals surface area contributed by atoms with E-state index >= 15 is 0 Å². The lowest BCUT2D eigenvalue weighted by atomic mass is 10.3. The van der Waals surface area contributed by atoms with Crippen molar-refractivity contribution in [1.82, 2.24) is 0 Å². The first-order valence-corrected chi connectivity index (χ1v) is 9.29. The molecule has 0 bridgehead atoms. The average molecular weight is 220 g/mol. The van der Waals surface area contributed by atoms with Crippen LogP contribution in [0.3, 0.4) is 0 Å². The van der Waals surface area contributed by atoms with Crippen molar-refractivity contribution in [2.45, 2.75) is 32.5 Å². The Morgan fingerprint density at radius 2 is 1.73 bits per heavy atom. The lowest BCUT2D eigenvalue weighted by molar-refractivity contribution is 0.300. The number of hydrogen-bond donors (Lipinski definition) is 0. The van der Waals surface area contributed by atoms with Gasteiger partial charge in [-0.3, -0.25) is 0 Å². The van der Waals surface area contributed by atoms with Crippen molar-refractivity contribution in [3.8, 4) is 5.75 Å². The van der Waals surface area contributed by atoms with Crippen LogP contribution in [0.15, 0.2) is 24.3 Å². The van der Waals surface area contributed by atoms with Crippen molar-refractivity contribution in [2.75, 3.05) is 6.61 Å². The molecular weight excluding hydrogens is 200 g/mol. The Kier molecular flexibility index (Phi) is 2.87. The molecular formula is C13H20OSi. The summed E-state index contributed by atoms with van der Waals surface area (Å²) in [4.78, 5) is 0. The quantitative estimate of drug-likeness (QED) is 0.709. The number of benzene rings is 1. The van der Waals surface area contributed by atoms with Crippen LogP contribution in [0.1, 0.15) is 12.8 Å². The average Bonchev–Trinajstić information content (AvgIpc) is 2.97. The van der Waals surface area contributed by atoms with Crippen LogP contribution in [0.25, 0.3) is 0 Å². The fourth-order valence-corrected chi connectivity index (χ4v) is 2.72. The van der Waals surface area contributed by atoms with E-state index in [0.717, 1.165) is 18.3 Å². The summed E-state index contributed by atoms with van der Waals surface area (Å²) in [6, 6.07) is 8.70. The Labute approximate surface area is 93.5 Å². The molecule has 1 nitrogen and oxygen atoms in total. The summed E-state index contributed by atoms with van der Waals surface area (Å²) in [5.74, 6) is 1.87. The Morgan fingerprint density at radius 1 is 1.13 bits per heavy atom. The van der Waals surface area contributed by atoms with E-state index < -0.39 is 8.07 Å². The molecule has 1 aromatic rings. The molecule has 1 aromatic carbocycles. The normalized spacial score (nSPS) is 16.5. The summed E-state index contributed by atoms with van der Waals surface area (Å²) in [6.07, 6.45) is 2.71. The molecule has 1 aliphatic carbocycles. The molecule has 0 radical (unpaired) electrons. The van der Waals surface area contributed by atoms with Gasteiger partial charge in [0.2, 0.25) is 0 Å². The molecule has 15 heavy (non-hydrogen) atoms. The summed E-state index contributed by atoms with van der Waals surface area (Å²) < 4.78 is 5.71. The predicted molar refractivity (Wildman–Crippen MR) is 67.6 cm³/mol. The maximum absolute atomic E-state index is 5.71. The topological polar surface area (TPSA) is 9.23 Å². The standard InChI is InChI=1S/C13H20OSi/c1-15(2,3)13-8-6-12(7-9-13)14-10-11-4-5-11/h6-9,11H,4-5,10H2,1-3H3. The van der Waals surface area contributed by atoms with Gasteiger partial charge in [0.15, 0.2) is 0 Å². The van der Waals surface area contributed by atoms with Crippen LogP contribution in [0, 0.1) is 5.92 Å². The molecule has 1 saturated carbocycles. The highest BCUT2D eigenvalue weighted by molar-refractivity contribution is 6.88. The molecule has 2 heteroatoms. The van der Waals surface area contributed by atoms with Crippen molar-refractivity contribution in [1.29, 1.82) is 0 Å². The van der Waals surface area contributed by atoms with Gasteiger partial charge in [-0.2, -0.15) is 0 Å². The molecule has 0 aromatic heterocycles. The second kappa shape index (κ2) is 4.01.